The molecule has 0 amide bonds. The van der Waals surface area contributed by atoms with Gasteiger partial charge in [-0.3, -0.25) is 4.55 Å². The van der Waals surface area contributed by atoms with E-state index in [0.29, 0.717) is 12.0 Å². The smallest absolute Gasteiger partial charge is 0.870 e. The molecule has 0 radical (unpaired) electrons. The molecule has 0 aliphatic rings. The third-order valence-electron chi connectivity index (χ3n) is 4.20. The first kappa shape index (κ1) is 24.6. The summed E-state index contributed by atoms with van der Waals surface area (Å²) in [5.41, 5.74) is 0.666. The monoisotopic (exact) mass is 416 g/mol. The van der Waals surface area contributed by atoms with Crippen LogP contribution in [0.1, 0.15) is 51.0 Å². The normalized spacial score (nSPS) is 11.0. The number of aryl methyl sites for hydroxylation is 1. The van der Waals surface area contributed by atoms with Crippen molar-refractivity contribution in [3.63, 3.8) is 0 Å². The Bertz CT molecular complexity index is 821. The average molecular weight is 417 g/mol. The minimum Gasteiger partial charge on any atom is -0.870 e. The van der Waals surface area contributed by atoms with Crippen molar-refractivity contribution >= 4 is 10.1 Å². The van der Waals surface area contributed by atoms with Gasteiger partial charge in [-0.1, -0.05) is 75.1 Å². The molecule has 0 saturated carbocycles. The second-order valence-electron chi connectivity index (χ2n) is 6.29. The summed E-state index contributed by atoms with van der Waals surface area (Å²) in [6.45, 7) is 2.16. The van der Waals surface area contributed by atoms with Crippen LogP contribution in [-0.4, -0.2) is 13.0 Å². The van der Waals surface area contributed by atoms with Crippen molar-refractivity contribution in [2.75, 3.05) is 0 Å². The van der Waals surface area contributed by atoms with Crippen molar-refractivity contribution < 1.29 is 74.2 Å². The minimum absolute atomic E-state index is 0. The van der Waals surface area contributed by atoms with Gasteiger partial charge in [0.25, 0.3) is 10.1 Å². The van der Waals surface area contributed by atoms with E-state index in [4.69, 9.17) is 4.74 Å². The summed E-state index contributed by atoms with van der Waals surface area (Å²) in [4.78, 5) is -0.316. The molecule has 7 heteroatoms. The van der Waals surface area contributed by atoms with Crippen molar-refractivity contribution in [1.82, 2.24) is 0 Å². The van der Waals surface area contributed by atoms with Crippen molar-refractivity contribution in [2.24, 2.45) is 0 Å². The van der Waals surface area contributed by atoms with Crippen LogP contribution < -0.4 is 61.2 Å². The number of unbranched alkanes of at least 4 members (excludes halogenated alkanes) is 5. The van der Waals surface area contributed by atoms with Crippen molar-refractivity contribution in [2.45, 2.75) is 56.8 Å². The molecular formula is C20H25KO5S. The number of hydrogen-bond acceptors (Lipinski definition) is 4. The molecule has 5 nitrogen and oxygen atoms in total. The topological polar surface area (TPSA) is 86.7 Å². The van der Waals surface area contributed by atoms with Gasteiger partial charge in [-0.2, -0.15) is 8.42 Å². The van der Waals surface area contributed by atoms with Crippen LogP contribution in [0.4, 0.5) is 0 Å². The van der Waals surface area contributed by atoms with E-state index in [2.05, 4.69) is 6.92 Å². The molecule has 142 valence electrons. The van der Waals surface area contributed by atoms with Gasteiger partial charge in [-0.25, -0.2) is 0 Å². The van der Waals surface area contributed by atoms with Crippen LogP contribution >= 0.6 is 0 Å². The molecule has 0 aromatic heterocycles. The summed E-state index contributed by atoms with van der Waals surface area (Å²) in [6, 6.07) is 10.7. The van der Waals surface area contributed by atoms with Gasteiger partial charge in [-0.15, -0.1) is 0 Å². The zero-order valence-electron chi connectivity index (χ0n) is 16.0. The number of para-hydroxylation sites is 3. The third-order valence-corrected chi connectivity index (χ3v) is 5.08. The van der Waals surface area contributed by atoms with E-state index >= 15 is 0 Å². The average Bonchev–Trinajstić information content (AvgIpc) is 2.60. The predicted molar refractivity (Wildman–Crippen MR) is 99.3 cm³/mol. The molecular weight excluding hydrogens is 391 g/mol. The molecule has 0 fully saturated rings. The van der Waals surface area contributed by atoms with E-state index in [1.807, 2.05) is 0 Å². The summed E-state index contributed by atoms with van der Waals surface area (Å²) in [5.74, 6) is -0.275. The quantitative estimate of drug-likeness (QED) is 0.362. The Hall–Kier alpha value is -0.414. The molecule has 2 rings (SSSR count). The molecule has 27 heavy (non-hydrogen) atoms. The van der Waals surface area contributed by atoms with Crippen molar-refractivity contribution in [3.05, 3.63) is 48.0 Å². The molecule has 2 aromatic rings. The maximum absolute atomic E-state index is 11.9. The molecule has 1 N–H and O–H groups in total. The van der Waals surface area contributed by atoms with Gasteiger partial charge >= 0.3 is 51.4 Å². The van der Waals surface area contributed by atoms with Crippen molar-refractivity contribution in [1.29, 1.82) is 0 Å². The summed E-state index contributed by atoms with van der Waals surface area (Å²) in [7, 11) is -4.46. The Balaban J connectivity index is 0.00000364. The molecule has 0 unspecified atom stereocenters. The summed E-state index contributed by atoms with van der Waals surface area (Å²) in [5, 5.41) is 11.9. The summed E-state index contributed by atoms with van der Waals surface area (Å²) < 4.78 is 38.6. The first-order chi connectivity index (χ1) is 12.4. The summed E-state index contributed by atoms with van der Waals surface area (Å²) >= 11 is 0. The van der Waals surface area contributed by atoms with Crippen molar-refractivity contribution in [3.8, 4) is 17.2 Å². The third kappa shape index (κ3) is 7.85. The Kier molecular flexibility index (Phi) is 11.1. The maximum Gasteiger partial charge on any atom is 1.00 e. The van der Waals surface area contributed by atoms with Crippen LogP contribution in [0.25, 0.3) is 0 Å². The Labute approximate surface area is 204 Å². The Morgan fingerprint density at radius 3 is 2.30 bits per heavy atom. The number of benzene rings is 2. The minimum atomic E-state index is -4.46. The molecule has 0 atom stereocenters. The van der Waals surface area contributed by atoms with Crippen LogP contribution in [0.15, 0.2) is 47.4 Å². The van der Waals surface area contributed by atoms with Gasteiger partial charge < -0.3 is 9.84 Å². The SMILES string of the molecule is CCCCCCCCc1cccc(S(=O)(=O)O)c1Oc1ccccc1[O-].[K+]. The van der Waals surface area contributed by atoms with E-state index in [-0.39, 0.29) is 73.5 Å². The van der Waals surface area contributed by atoms with Crippen LogP contribution in [-0.2, 0) is 16.5 Å². The summed E-state index contributed by atoms with van der Waals surface area (Å²) in [6.07, 6.45) is 7.25. The molecule has 0 saturated heterocycles. The van der Waals surface area contributed by atoms with Gasteiger partial charge in [0, 0.05) is 0 Å². The van der Waals surface area contributed by atoms with Gasteiger partial charge in [0.2, 0.25) is 0 Å². The molecule has 2 aromatic carbocycles. The van der Waals surface area contributed by atoms with Crippen LogP contribution in [0, 0.1) is 0 Å². The second kappa shape index (κ2) is 12.2. The van der Waals surface area contributed by atoms with Crippen LogP contribution in [0.2, 0.25) is 0 Å². The maximum atomic E-state index is 11.9. The van der Waals surface area contributed by atoms with E-state index in [0.717, 1.165) is 19.3 Å². The molecule has 0 spiro atoms. The number of rotatable bonds is 10. The van der Waals surface area contributed by atoms with E-state index in [9.17, 15) is 18.1 Å². The van der Waals surface area contributed by atoms with E-state index < -0.39 is 10.1 Å². The second-order valence-corrected chi connectivity index (χ2v) is 7.68. The zero-order valence-corrected chi connectivity index (χ0v) is 19.9. The Morgan fingerprint density at radius 2 is 1.63 bits per heavy atom. The fourth-order valence-electron chi connectivity index (χ4n) is 2.82. The van der Waals surface area contributed by atoms with Gasteiger partial charge in [-0.05, 0) is 30.5 Å². The fourth-order valence-corrected chi connectivity index (χ4v) is 3.47. The standard InChI is InChI=1S/C20H26O5S.K/c1-2-3-4-5-6-7-11-16-12-10-15-19(26(22,23)24)20(16)25-18-14-9-8-13-17(18)21;/h8-10,12-15,21H,2-7,11H2,1H3,(H,22,23,24);/q;+1/p-1. The predicted octanol–water partition coefficient (Wildman–Crippen LogP) is 1.71. The first-order valence-corrected chi connectivity index (χ1v) is 10.4. The van der Waals surface area contributed by atoms with Gasteiger partial charge in [0.1, 0.15) is 10.6 Å². The molecule has 0 aliphatic carbocycles. The van der Waals surface area contributed by atoms with E-state index in [1.165, 1.54) is 37.5 Å². The van der Waals surface area contributed by atoms with Crippen LogP contribution in [0.5, 0.6) is 17.2 Å². The first-order valence-electron chi connectivity index (χ1n) is 8.96. The zero-order chi connectivity index (χ0) is 19.0. The Morgan fingerprint density at radius 1 is 0.963 bits per heavy atom. The van der Waals surface area contributed by atoms with E-state index in [1.54, 1.807) is 24.3 Å². The molecule has 0 bridgehead atoms. The van der Waals surface area contributed by atoms with Gasteiger partial charge in [0.15, 0.2) is 5.75 Å². The fraction of sp³-hybridized carbons (Fsp3) is 0.400. The van der Waals surface area contributed by atoms with Gasteiger partial charge in [0.05, 0.1) is 0 Å². The largest absolute Gasteiger partial charge is 1.00 e. The van der Waals surface area contributed by atoms with Crippen LogP contribution in [0.3, 0.4) is 0 Å². The molecule has 0 heterocycles. The molecule has 0 aliphatic heterocycles. The number of hydrogen-bond donors (Lipinski definition) is 1. The number of ether oxygens (including phenoxy) is 1.